The number of nitrogens with zero attached hydrogens (tertiary/aromatic N) is 1. The summed E-state index contributed by atoms with van der Waals surface area (Å²) in [7, 11) is 0. The van der Waals surface area contributed by atoms with E-state index in [0.717, 1.165) is 18.9 Å². The zero-order valence-corrected chi connectivity index (χ0v) is 7.92. The smallest absolute Gasteiger partial charge is 0.216 e. The van der Waals surface area contributed by atoms with Gasteiger partial charge in [0.1, 0.15) is 0 Å². The molecular formula is C10H15NO. The van der Waals surface area contributed by atoms with Gasteiger partial charge in [0, 0.05) is 18.2 Å². The lowest BCUT2D eigenvalue weighted by atomic mass is 10.2. The summed E-state index contributed by atoms with van der Waals surface area (Å²) in [4.78, 5) is 4.14. The first-order chi connectivity index (χ1) is 5.86. The van der Waals surface area contributed by atoms with Crippen molar-refractivity contribution in [2.75, 3.05) is 6.61 Å². The lowest BCUT2D eigenvalue weighted by Gasteiger charge is -1.96. The van der Waals surface area contributed by atoms with Crippen molar-refractivity contribution in [3.63, 3.8) is 0 Å². The number of hydrogen-bond donors (Lipinski definition) is 0. The van der Waals surface area contributed by atoms with E-state index in [9.17, 15) is 0 Å². The van der Waals surface area contributed by atoms with Gasteiger partial charge < -0.3 is 4.74 Å². The molecule has 0 amide bonds. The van der Waals surface area contributed by atoms with E-state index in [2.05, 4.69) is 11.1 Å². The van der Waals surface area contributed by atoms with Crippen molar-refractivity contribution in [1.82, 2.24) is 4.98 Å². The molecule has 0 aromatic carbocycles. The molecule has 0 unspecified atom stereocenters. The van der Waals surface area contributed by atoms with Crippen molar-refractivity contribution in [3.05, 3.63) is 23.4 Å². The number of hydrogen-bond acceptors (Lipinski definition) is 2. The van der Waals surface area contributed by atoms with E-state index in [1.807, 2.05) is 27.0 Å². The first-order valence-corrected chi connectivity index (χ1v) is 4.44. The predicted molar refractivity (Wildman–Crippen MR) is 49.5 cm³/mol. The van der Waals surface area contributed by atoms with E-state index < -0.39 is 0 Å². The van der Waals surface area contributed by atoms with Gasteiger partial charge in [0.25, 0.3) is 0 Å². The standard InChI is InChI=1S/C8H9NO.C2H6/c1-6-4-7-2-3-10-8(7)9-5-6;1-2/h4-5H,2-3H2,1H3;1-2H3. The van der Waals surface area contributed by atoms with Crippen LogP contribution in [0.25, 0.3) is 0 Å². The molecule has 1 aliphatic heterocycles. The first kappa shape index (κ1) is 9.04. The Balaban J connectivity index is 0.000000336. The minimum atomic E-state index is 0.797. The monoisotopic (exact) mass is 165 g/mol. The molecule has 0 bridgehead atoms. The minimum Gasteiger partial charge on any atom is -0.477 e. The Morgan fingerprint density at radius 1 is 1.42 bits per heavy atom. The number of ether oxygens (including phenoxy) is 1. The molecule has 2 heteroatoms. The summed E-state index contributed by atoms with van der Waals surface area (Å²) in [6, 6.07) is 2.13. The minimum absolute atomic E-state index is 0.797. The Morgan fingerprint density at radius 3 is 2.92 bits per heavy atom. The molecule has 0 fully saturated rings. The molecule has 0 saturated heterocycles. The Kier molecular flexibility index (Phi) is 3.09. The second-order valence-electron chi connectivity index (χ2n) is 2.58. The molecule has 1 aromatic heterocycles. The molecule has 0 spiro atoms. The predicted octanol–water partition coefficient (Wildman–Crippen LogP) is 2.35. The quantitative estimate of drug-likeness (QED) is 0.588. The van der Waals surface area contributed by atoms with Crippen molar-refractivity contribution in [2.45, 2.75) is 27.2 Å². The van der Waals surface area contributed by atoms with Crippen LogP contribution >= 0.6 is 0 Å². The fraction of sp³-hybridized carbons (Fsp3) is 0.500. The molecule has 2 nitrogen and oxygen atoms in total. The molecule has 2 rings (SSSR count). The van der Waals surface area contributed by atoms with Crippen molar-refractivity contribution >= 4 is 0 Å². The summed E-state index contributed by atoms with van der Waals surface area (Å²) in [5.41, 5.74) is 2.46. The summed E-state index contributed by atoms with van der Waals surface area (Å²) < 4.78 is 5.24. The molecule has 1 aromatic rings. The van der Waals surface area contributed by atoms with Crippen molar-refractivity contribution in [1.29, 1.82) is 0 Å². The van der Waals surface area contributed by atoms with Crippen molar-refractivity contribution in [3.8, 4) is 5.88 Å². The maximum absolute atomic E-state index is 5.24. The van der Waals surface area contributed by atoms with Gasteiger partial charge in [0.05, 0.1) is 6.61 Å². The lowest BCUT2D eigenvalue weighted by molar-refractivity contribution is 0.345. The molecular weight excluding hydrogens is 150 g/mol. The third kappa shape index (κ3) is 1.76. The van der Waals surface area contributed by atoms with E-state index >= 15 is 0 Å². The molecule has 2 heterocycles. The summed E-state index contributed by atoms with van der Waals surface area (Å²) in [6.45, 7) is 6.84. The second-order valence-corrected chi connectivity index (χ2v) is 2.58. The zero-order chi connectivity index (χ0) is 8.97. The van der Waals surface area contributed by atoms with E-state index in [1.165, 1.54) is 11.1 Å². The molecule has 0 N–H and O–H groups in total. The molecule has 66 valence electrons. The number of pyridine rings is 1. The number of rotatable bonds is 0. The van der Waals surface area contributed by atoms with Gasteiger partial charge in [0.15, 0.2) is 0 Å². The highest BCUT2D eigenvalue weighted by Crippen LogP contribution is 2.21. The van der Waals surface area contributed by atoms with Crippen LogP contribution in [-0.4, -0.2) is 11.6 Å². The van der Waals surface area contributed by atoms with Crippen LogP contribution in [0.2, 0.25) is 0 Å². The van der Waals surface area contributed by atoms with Gasteiger partial charge in [-0.15, -0.1) is 0 Å². The van der Waals surface area contributed by atoms with E-state index in [1.54, 1.807) is 0 Å². The second kappa shape index (κ2) is 4.10. The largest absolute Gasteiger partial charge is 0.477 e. The van der Waals surface area contributed by atoms with E-state index in [-0.39, 0.29) is 0 Å². The van der Waals surface area contributed by atoms with Crippen LogP contribution < -0.4 is 4.74 Å². The number of aromatic nitrogens is 1. The Morgan fingerprint density at radius 2 is 2.17 bits per heavy atom. The molecule has 12 heavy (non-hydrogen) atoms. The van der Waals surface area contributed by atoms with Gasteiger partial charge in [-0.1, -0.05) is 13.8 Å². The highest BCUT2D eigenvalue weighted by Gasteiger charge is 2.11. The van der Waals surface area contributed by atoms with Crippen LogP contribution in [-0.2, 0) is 6.42 Å². The van der Waals surface area contributed by atoms with Gasteiger partial charge in [-0.2, -0.15) is 0 Å². The molecule has 0 aliphatic carbocycles. The molecule has 0 saturated carbocycles. The van der Waals surface area contributed by atoms with Gasteiger partial charge >= 0.3 is 0 Å². The van der Waals surface area contributed by atoms with Crippen LogP contribution in [0, 0.1) is 6.92 Å². The molecule has 0 atom stereocenters. The third-order valence-corrected chi connectivity index (χ3v) is 1.67. The van der Waals surface area contributed by atoms with Crippen LogP contribution in [0.5, 0.6) is 5.88 Å². The Labute approximate surface area is 73.6 Å². The van der Waals surface area contributed by atoms with Crippen LogP contribution in [0.15, 0.2) is 12.3 Å². The zero-order valence-electron chi connectivity index (χ0n) is 7.92. The Hall–Kier alpha value is -1.05. The maximum atomic E-state index is 5.24. The number of fused-ring (bicyclic) bond motifs is 1. The van der Waals surface area contributed by atoms with Gasteiger partial charge in [-0.25, -0.2) is 4.98 Å². The Bertz CT molecular complexity index is 258. The summed E-state index contributed by atoms with van der Waals surface area (Å²) in [6.07, 6.45) is 2.86. The van der Waals surface area contributed by atoms with Gasteiger partial charge in [0.2, 0.25) is 5.88 Å². The average Bonchev–Trinajstić information content (AvgIpc) is 2.54. The van der Waals surface area contributed by atoms with E-state index in [4.69, 9.17) is 4.74 Å². The highest BCUT2D eigenvalue weighted by atomic mass is 16.5. The molecule has 1 aliphatic rings. The van der Waals surface area contributed by atoms with Crippen LogP contribution in [0.4, 0.5) is 0 Å². The average molecular weight is 165 g/mol. The van der Waals surface area contributed by atoms with E-state index in [0.29, 0.717) is 0 Å². The molecule has 0 radical (unpaired) electrons. The fourth-order valence-corrected chi connectivity index (χ4v) is 1.18. The summed E-state index contributed by atoms with van der Waals surface area (Å²) in [5, 5.41) is 0. The fourth-order valence-electron chi connectivity index (χ4n) is 1.18. The lowest BCUT2D eigenvalue weighted by Crippen LogP contribution is -1.87. The van der Waals surface area contributed by atoms with Crippen molar-refractivity contribution in [2.24, 2.45) is 0 Å². The summed E-state index contributed by atoms with van der Waals surface area (Å²) >= 11 is 0. The maximum Gasteiger partial charge on any atom is 0.216 e. The number of aryl methyl sites for hydroxylation is 1. The van der Waals surface area contributed by atoms with Gasteiger partial charge in [-0.3, -0.25) is 0 Å². The topological polar surface area (TPSA) is 22.1 Å². The van der Waals surface area contributed by atoms with Crippen LogP contribution in [0.1, 0.15) is 25.0 Å². The normalized spacial score (nSPS) is 12.6. The SMILES string of the molecule is CC.Cc1cnc2c(c1)CCO2. The van der Waals surface area contributed by atoms with Crippen LogP contribution in [0.3, 0.4) is 0 Å². The first-order valence-electron chi connectivity index (χ1n) is 4.44. The van der Waals surface area contributed by atoms with Gasteiger partial charge in [-0.05, 0) is 18.6 Å². The van der Waals surface area contributed by atoms with Crippen molar-refractivity contribution < 1.29 is 4.74 Å². The summed E-state index contributed by atoms with van der Waals surface area (Å²) in [5.74, 6) is 0.825. The highest BCUT2D eigenvalue weighted by molar-refractivity contribution is 5.32. The third-order valence-electron chi connectivity index (χ3n) is 1.67.